The van der Waals surface area contributed by atoms with Crippen LogP contribution in [0.4, 0.5) is 19.1 Å². The maximum Gasteiger partial charge on any atom is 0.433 e. The van der Waals surface area contributed by atoms with Gasteiger partial charge in [-0.15, -0.1) is 0 Å². The summed E-state index contributed by atoms with van der Waals surface area (Å²) in [5, 5.41) is 1.10. The molecule has 0 saturated heterocycles. The molecule has 3 rings (SSSR count). The number of hydrazine groups is 1. The summed E-state index contributed by atoms with van der Waals surface area (Å²) in [5.41, 5.74) is 3.56. The van der Waals surface area contributed by atoms with E-state index in [9.17, 15) is 22.8 Å². The zero-order valence-corrected chi connectivity index (χ0v) is 18.1. The Morgan fingerprint density at radius 2 is 1.94 bits per heavy atom. The Bertz CT molecular complexity index is 934. The number of hydrogen-bond donors (Lipinski definition) is 2. The van der Waals surface area contributed by atoms with Gasteiger partial charge in [0.1, 0.15) is 12.3 Å². The second-order valence-electron chi connectivity index (χ2n) is 8.24. The van der Waals surface area contributed by atoms with Crippen molar-refractivity contribution in [3.8, 4) is 0 Å². The summed E-state index contributed by atoms with van der Waals surface area (Å²) in [6.07, 6.45) is -0.649. The maximum absolute atomic E-state index is 13.2. The van der Waals surface area contributed by atoms with Crippen LogP contribution < -0.4 is 10.9 Å². The molecule has 0 aliphatic heterocycles. The molecule has 0 atom stereocenters. The molecule has 11 heteroatoms. The van der Waals surface area contributed by atoms with Gasteiger partial charge in [-0.25, -0.2) is 15.0 Å². The van der Waals surface area contributed by atoms with Crippen molar-refractivity contribution in [1.82, 2.24) is 20.5 Å². The van der Waals surface area contributed by atoms with Crippen LogP contribution in [0.1, 0.15) is 43.9 Å². The zero-order valence-electron chi connectivity index (χ0n) is 18.1. The fourth-order valence-corrected chi connectivity index (χ4v) is 3.74. The number of nitrogens with one attached hydrogen (secondary N) is 2. The Morgan fingerprint density at radius 3 is 2.58 bits per heavy atom. The number of benzene rings is 1. The number of amides is 2. The Kier molecular flexibility index (Phi) is 7.85. The van der Waals surface area contributed by atoms with E-state index in [1.54, 1.807) is 0 Å². The highest BCUT2D eigenvalue weighted by atomic mass is 19.4. The zero-order chi connectivity index (χ0) is 23.9. The van der Waals surface area contributed by atoms with Crippen LogP contribution in [0.25, 0.3) is 0 Å². The topological polar surface area (TPSA) is 96.5 Å². The van der Waals surface area contributed by atoms with E-state index in [1.807, 2.05) is 30.3 Å². The van der Waals surface area contributed by atoms with Gasteiger partial charge in [-0.1, -0.05) is 37.3 Å². The van der Waals surface area contributed by atoms with Gasteiger partial charge in [-0.2, -0.15) is 13.2 Å². The first-order chi connectivity index (χ1) is 15.7. The fraction of sp³-hybridized carbons (Fsp3) is 0.455. The Labute approximate surface area is 189 Å². The van der Waals surface area contributed by atoms with Crippen LogP contribution in [-0.4, -0.2) is 33.9 Å². The second-order valence-corrected chi connectivity index (χ2v) is 8.24. The van der Waals surface area contributed by atoms with E-state index in [-0.39, 0.29) is 19.1 Å². The van der Waals surface area contributed by atoms with Gasteiger partial charge in [0, 0.05) is 6.20 Å². The van der Waals surface area contributed by atoms with E-state index in [1.165, 1.54) is 0 Å². The van der Waals surface area contributed by atoms with Crippen molar-refractivity contribution in [1.29, 1.82) is 0 Å². The number of halogens is 3. The van der Waals surface area contributed by atoms with Crippen LogP contribution in [0.3, 0.4) is 0 Å². The fourth-order valence-electron chi connectivity index (χ4n) is 3.74. The van der Waals surface area contributed by atoms with Crippen LogP contribution in [0, 0.1) is 11.3 Å². The predicted molar refractivity (Wildman–Crippen MR) is 113 cm³/mol. The molecule has 178 valence electrons. The summed E-state index contributed by atoms with van der Waals surface area (Å²) < 4.78 is 38.6. The molecular formula is C22H26F3N5O3. The summed E-state index contributed by atoms with van der Waals surface area (Å²) in [6, 6.07) is 10.0. The standard InChI is InChI=1S/C22H26F3N5O3/c1-16-7-10-21(11-8-16,14-30(15-31)33-13-17-5-3-2-4-6-17)19(32)28-29-20-26-12-9-18(27-20)22(23,24)25/h2-6,9,12,15-16H,7-8,10-11,13-14H2,1H3,(H,28,32)(H,26,27,29). The molecule has 1 fully saturated rings. The average Bonchev–Trinajstić information content (AvgIpc) is 2.82. The molecule has 33 heavy (non-hydrogen) atoms. The molecule has 2 N–H and O–H groups in total. The van der Waals surface area contributed by atoms with Crippen molar-refractivity contribution in [2.45, 2.75) is 45.4 Å². The normalized spacial score (nSPS) is 20.7. The van der Waals surface area contributed by atoms with Gasteiger partial charge in [0.25, 0.3) is 0 Å². The lowest BCUT2D eigenvalue weighted by Crippen LogP contribution is -2.51. The van der Waals surface area contributed by atoms with Crippen molar-refractivity contribution in [3.05, 3.63) is 53.9 Å². The first-order valence-electron chi connectivity index (χ1n) is 10.6. The van der Waals surface area contributed by atoms with Crippen LogP contribution in [0.2, 0.25) is 0 Å². The molecule has 0 radical (unpaired) electrons. The first kappa shape index (κ1) is 24.4. The predicted octanol–water partition coefficient (Wildman–Crippen LogP) is 3.73. The van der Waals surface area contributed by atoms with Crippen LogP contribution >= 0.6 is 0 Å². The van der Waals surface area contributed by atoms with Gasteiger partial charge in [0.2, 0.25) is 18.3 Å². The Morgan fingerprint density at radius 1 is 1.24 bits per heavy atom. The van der Waals surface area contributed by atoms with Crippen molar-refractivity contribution in [2.75, 3.05) is 12.0 Å². The van der Waals surface area contributed by atoms with E-state index in [2.05, 4.69) is 27.7 Å². The molecule has 2 aromatic rings. The SMILES string of the molecule is CC1CCC(CN(C=O)OCc2ccccc2)(C(=O)NNc2nccc(C(F)(F)F)n2)CC1. The van der Waals surface area contributed by atoms with E-state index in [4.69, 9.17) is 4.84 Å². The average molecular weight is 465 g/mol. The number of carbonyl (C=O) groups excluding carboxylic acids is 2. The van der Waals surface area contributed by atoms with E-state index in [0.717, 1.165) is 35.7 Å². The summed E-state index contributed by atoms with van der Waals surface area (Å²) in [6.45, 7) is 2.25. The monoisotopic (exact) mass is 465 g/mol. The Hall–Kier alpha value is -3.21. The summed E-state index contributed by atoms with van der Waals surface area (Å²) in [4.78, 5) is 37.5. The minimum Gasteiger partial charge on any atom is -0.276 e. The molecule has 0 bridgehead atoms. The maximum atomic E-state index is 13.2. The minimum absolute atomic E-state index is 0.00696. The molecule has 1 aliphatic rings. The smallest absolute Gasteiger partial charge is 0.276 e. The summed E-state index contributed by atoms with van der Waals surface area (Å²) in [7, 11) is 0. The number of anilines is 1. The molecular weight excluding hydrogens is 439 g/mol. The molecule has 1 heterocycles. The molecule has 2 amide bonds. The number of carbonyl (C=O) groups is 2. The molecule has 1 aliphatic carbocycles. The number of alkyl halides is 3. The third kappa shape index (κ3) is 6.64. The highest BCUT2D eigenvalue weighted by Crippen LogP contribution is 2.40. The van der Waals surface area contributed by atoms with E-state index < -0.39 is 23.2 Å². The summed E-state index contributed by atoms with van der Waals surface area (Å²) >= 11 is 0. The number of hydroxylamine groups is 2. The van der Waals surface area contributed by atoms with Gasteiger partial charge in [-0.05, 0) is 43.2 Å². The first-order valence-corrected chi connectivity index (χ1v) is 10.6. The van der Waals surface area contributed by atoms with Crippen LogP contribution in [0.15, 0.2) is 42.6 Å². The van der Waals surface area contributed by atoms with Gasteiger partial charge in [-0.3, -0.25) is 25.3 Å². The van der Waals surface area contributed by atoms with Gasteiger partial charge < -0.3 is 0 Å². The molecule has 1 aromatic carbocycles. The van der Waals surface area contributed by atoms with Crippen molar-refractivity contribution in [2.24, 2.45) is 11.3 Å². The summed E-state index contributed by atoms with van der Waals surface area (Å²) in [5.74, 6) is -0.434. The third-order valence-electron chi connectivity index (χ3n) is 5.76. The lowest BCUT2D eigenvalue weighted by Gasteiger charge is -2.39. The molecule has 1 aromatic heterocycles. The highest BCUT2D eigenvalue weighted by molar-refractivity contribution is 5.84. The van der Waals surface area contributed by atoms with Gasteiger partial charge in [0.15, 0.2) is 0 Å². The quantitative estimate of drug-likeness (QED) is 0.433. The Balaban J connectivity index is 1.68. The number of rotatable bonds is 9. The number of aromatic nitrogens is 2. The largest absolute Gasteiger partial charge is 0.433 e. The molecule has 0 spiro atoms. The van der Waals surface area contributed by atoms with Gasteiger partial charge in [0.05, 0.1) is 12.0 Å². The molecule has 8 nitrogen and oxygen atoms in total. The van der Waals surface area contributed by atoms with E-state index in [0.29, 0.717) is 25.2 Å². The van der Waals surface area contributed by atoms with Crippen molar-refractivity contribution < 1.29 is 27.6 Å². The van der Waals surface area contributed by atoms with Crippen LogP contribution in [-0.2, 0) is 27.2 Å². The number of nitrogens with zero attached hydrogens (tertiary/aromatic N) is 3. The highest BCUT2D eigenvalue weighted by Gasteiger charge is 2.43. The molecule has 0 unspecified atom stereocenters. The van der Waals surface area contributed by atoms with Gasteiger partial charge >= 0.3 is 6.18 Å². The molecule has 1 saturated carbocycles. The minimum atomic E-state index is -4.63. The second kappa shape index (κ2) is 10.6. The third-order valence-corrected chi connectivity index (χ3v) is 5.76. The lowest BCUT2D eigenvalue weighted by atomic mass is 9.70. The van der Waals surface area contributed by atoms with E-state index >= 15 is 0 Å². The van der Waals surface area contributed by atoms with Crippen LogP contribution in [0.5, 0.6) is 0 Å². The number of hydrogen-bond acceptors (Lipinski definition) is 6. The van der Waals surface area contributed by atoms with Crippen molar-refractivity contribution >= 4 is 18.3 Å². The lowest BCUT2D eigenvalue weighted by molar-refractivity contribution is -0.190. The van der Waals surface area contributed by atoms with Crippen molar-refractivity contribution in [3.63, 3.8) is 0 Å².